The van der Waals surface area contributed by atoms with Crippen LogP contribution in [0.15, 0.2) is 0 Å². The average Bonchev–Trinajstić information content (AvgIpc) is 2.55. The van der Waals surface area contributed by atoms with Gasteiger partial charge in [0, 0.05) is 15.7 Å². The molecule has 0 aliphatic heterocycles. The number of carbonyl (C=O) groups is 1. The van der Waals surface area contributed by atoms with E-state index in [-0.39, 0.29) is 0 Å². The van der Waals surface area contributed by atoms with Gasteiger partial charge in [0.15, 0.2) is 11.9 Å². The van der Waals surface area contributed by atoms with Gasteiger partial charge >= 0.3 is 0 Å². The van der Waals surface area contributed by atoms with E-state index in [1.54, 1.807) is 0 Å². The second-order valence-electron chi connectivity index (χ2n) is 3.64. The van der Waals surface area contributed by atoms with E-state index in [1.165, 1.54) is 0 Å². The Morgan fingerprint density at radius 3 is 2.62 bits per heavy atom. The summed E-state index contributed by atoms with van der Waals surface area (Å²) in [5.74, 6) is 0. The number of aryl methyl sites for hydroxylation is 3. The lowest BCUT2D eigenvalue weighted by Crippen LogP contribution is -2.01. The summed E-state index contributed by atoms with van der Waals surface area (Å²) in [6.07, 6.45) is 0.867. The number of hydrogen-bond donors (Lipinski definition) is 0. The third-order valence-corrected chi connectivity index (χ3v) is 3.76. The lowest BCUT2D eigenvalue weighted by atomic mass is 10.1. The molecule has 0 spiro atoms. The molecule has 0 unspecified atom stereocenters. The average molecular weight is 329 g/mol. The van der Waals surface area contributed by atoms with Crippen molar-refractivity contribution in [1.29, 1.82) is 0 Å². The van der Waals surface area contributed by atoms with Gasteiger partial charge in [-0.1, -0.05) is 0 Å². The number of aromatic nitrogens is 3. The van der Waals surface area contributed by atoms with Crippen LogP contribution in [0.25, 0.3) is 11.0 Å². The van der Waals surface area contributed by atoms with Crippen LogP contribution in [0.5, 0.6) is 0 Å². The highest BCUT2D eigenvalue weighted by molar-refractivity contribution is 14.1. The maximum atomic E-state index is 11.0. The molecule has 0 amide bonds. The zero-order valence-corrected chi connectivity index (χ0v) is 11.6. The Bertz CT molecular complexity index is 574. The van der Waals surface area contributed by atoms with Gasteiger partial charge in [-0.05, 0) is 43.4 Å². The van der Waals surface area contributed by atoms with Crippen LogP contribution in [0.3, 0.4) is 0 Å². The summed E-state index contributed by atoms with van der Waals surface area (Å²) in [7, 11) is 0. The van der Waals surface area contributed by atoms with Gasteiger partial charge in [0.25, 0.3) is 0 Å². The number of aldehydes is 1. The molecule has 84 valence electrons. The van der Waals surface area contributed by atoms with E-state index in [1.807, 2.05) is 25.5 Å². The Morgan fingerprint density at radius 2 is 2.06 bits per heavy atom. The van der Waals surface area contributed by atoms with E-state index in [2.05, 4.69) is 32.7 Å². The first-order valence-electron chi connectivity index (χ1n) is 5.08. The van der Waals surface area contributed by atoms with E-state index >= 15 is 0 Å². The lowest BCUT2D eigenvalue weighted by Gasteiger charge is -2.04. The summed E-state index contributed by atoms with van der Waals surface area (Å²) in [6.45, 7) is 6.62. The first-order valence-corrected chi connectivity index (χ1v) is 6.16. The third-order valence-electron chi connectivity index (χ3n) is 2.64. The van der Waals surface area contributed by atoms with Crippen molar-refractivity contribution in [3.05, 3.63) is 20.5 Å². The normalized spacial score (nSPS) is 11.0. The van der Waals surface area contributed by atoms with Crippen LogP contribution in [0.2, 0.25) is 0 Å². The van der Waals surface area contributed by atoms with Gasteiger partial charge in [-0.25, -0.2) is 9.67 Å². The summed E-state index contributed by atoms with van der Waals surface area (Å²) in [6, 6.07) is 0. The molecule has 2 heterocycles. The zero-order valence-electron chi connectivity index (χ0n) is 9.41. The fourth-order valence-corrected chi connectivity index (χ4v) is 2.96. The topological polar surface area (TPSA) is 47.8 Å². The van der Waals surface area contributed by atoms with Crippen molar-refractivity contribution in [2.45, 2.75) is 27.3 Å². The zero-order chi connectivity index (χ0) is 11.9. The Balaban J connectivity index is 2.94. The summed E-state index contributed by atoms with van der Waals surface area (Å²) in [5, 5.41) is 5.41. The van der Waals surface area contributed by atoms with Gasteiger partial charge in [0.05, 0.1) is 16.8 Å². The molecular formula is C11H12IN3O. The molecule has 0 aliphatic rings. The van der Waals surface area contributed by atoms with Crippen LogP contribution in [-0.4, -0.2) is 21.1 Å². The first kappa shape index (κ1) is 11.5. The minimum Gasteiger partial charge on any atom is -0.298 e. The summed E-state index contributed by atoms with van der Waals surface area (Å²) < 4.78 is 2.82. The molecule has 0 saturated carbocycles. The molecule has 16 heavy (non-hydrogen) atoms. The van der Waals surface area contributed by atoms with Crippen molar-refractivity contribution in [2.75, 3.05) is 0 Å². The SMILES string of the molecule is CCn1nc(C)c2c(I)c(C=O)c(C)nc21. The van der Waals surface area contributed by atoms with E-state index in [0.717, 1.165) is 38.8 Å². The minimum absolute atomic E-state index is 0.673. The van der Waals surface area contributed by atoms with Crippen molar-refractivity contribution < 1.29 is 4.79 Å². The second kappa shape index (κ2) is 4.12. The standard InChI is InChI=1S/C11H12IN3O/c1-4-15-11-9(7(3)14-15)10(12)8(5-16)6(2)13-11/h5H,4H2,1-3H3. The highest BCUT2D eigenvalue weighted by atomic mass is 127. The number of halogens is 1. The van der Waals surface area contributed by atoms with Crippen molar-refractivity contribution in [3.8, 4) is 0 Å². The molecule has 0 saturated heterocycles. The third kappa shape index (κ3) is 1.53. The Kier molecular flexibility index (Phi) is 2.96. The molecule has 2 rings (SSSR count). The Hall–Kier alpha value is -0.980. The predicted octanol–water partition coefficient (Wildman–Crippen LogP) is 2.49. The van der Waals surface area contributed by atoms with Crippen LogP contribution >= 0.6 is 22.6 Å². The monoisotopic (exact) mass is 329 g/mol. The van der Waals surface area contributed by atoms with Crippen LogP contribution < -0.4 is 0 Å². The van der Waals surface area contributed by atoms with Crippen LogP contribution in [0, 0.1) is 17.4 Å². The molecule has 2 aromatic heterocycles. The maximum Gasteiger partial charge on any atom is 0.159 e. The smallest absolute Gasteiger partial charge is 0.159 e. The van der Waals surface area contributed by atoms with Crippen molar-refractivity contribution in [3.63, 3.8) is 0 Å². The molecular weight excluding hydrogens is 317 g/mol. The van der Waals surface area contributed by atoms with Gasteiger partial charge < -0.3 is 0 Å². The predicted molar refractivity (Wildman–Crippen MR) is 70.8 cm³/mol. The summed E-state index contributed by atoms with van der Waals surface area (Å²) >= 11 is 2.20. The molecule has 0 aromatic carbocycles. The first-order chi connectivity index (χ1) is 7.60. The fourth-order valence-electron chi connectivity index (χ4n) is 1.81. The molecule has 0 radical (unpaired) electrons. The van der Waals surface area contributed by atoms with Crippen molar-refractivity contribution in [1.82, 2.24) is 14.8 Å². The molecule has 0 aliphatic carbocycles. The number of fused-ring (bicyclic) bond motifs is 1. The Labute approximate surface area is 107 Å². The molecule has 0 atom stereocenters. The van der Waals surface area contributed by atoms with Gasteiger partial charge in [-0.3, -0.25) is 4.79 Å². The number of hydrogen-bond acceptors (Lipinski definition) is 3. The Morgan fingerprint density at radius 1 is 1.38 bits per heavy atom. The molecule has 0 fully saturated rings. The van der Waals surface area contributed by atoms with Gasteiger partial charge in [-0.2, -0.15) is 5.10 Å². The number of carbonyl (C=O) groups excluding carboxylic acids is 1. The van der Waals surface area contributed by atoms with Gasteiger partial charge in [-0.15, -0.1) is 0 Å². The molecule has 2 aromatic rings. The number of rotatable bonds is 2. The molecule has 0 bridgehead atoms. The lowest BCUT2D eigenvalue weighted by molar-refractivity contribution is 0.112. The summed E-state index contributed by atoms with van der Waals surface area (Å²) in [4.78, 5) is 15.5. The second-order valence-corrected chi connectivity index (χ2v) is 4.72. The molecule has 5 heteroatoms. The van der Waals surface area contributed by atoms with Crippen molar-refractivity contribution >= 4 is 39.9 Å². The summed E-state index contributed by atoms with van der Waals surface area (Å²) in [5.41, 5.74) is 3.23. The van der Waals surface area contributed by atoms with Crippen LogP contribution in [0.4, 0.5) is 0 Å². The minimum atomic E-state index is 0.673. The van der Waals surface area contributed by atoms with Crippen molar-refractivity contribution in [2.24, 2.45) is 0 Å². The highest BCUT2D eigenvalue weighted by Gasteiger charge is 2.16. The quantitative estimate of drug-likeness (QED) is 0.628. The largest absolute Gasteiger partial charge is 0.298 e. The highest BCUT2D eigenvalue weighted by Crippen LogP contribution is 2.26. The van der Waals surface area contributed by atoms with Crippen LogP contribution in [0.1, 0.15) is 28.7 Å². The van der Waals surface area contributed by atoms with E-state index in [0.29, 0.717) is 5.56 Å². The van der Waals surface area contributed by atoms with Gasteiger partial charge in [0.2, 0.25) is 0 Å². The van der Waals surface area contributed by atoms with Crippen LogP contribution in [-0.2, 0) is 6.54 Å². The molecule has 4 nitrogen and oxygen atoms in total. The van der Waals surface area contributed by atoms with E-state index in [9.17, 15) is 4.79 Å². The van der Waals surface area contributed by atoms with E-state index in [4.69, 9.17) is 0 Å². The number of nitrogens with zero attached hydrogens (tertiary/aromatic N) is 3. The van der Waals surface area contributed by atoms with E-state index < -0.39 is 0 Å². The fraction of sp³-hybridized carbons (Fsp3) is 0.364. The number of pyridine rings is 1. The molecule has 0 N–H and O–H groups in total. The van der Waals surface area contributed by atoms with Gasteiger partial charge in [0.1, 0.15) is 0 Å². The maximum absolute atomic E-state index is 11.0.